The molecule has 1 heterocycles. The largest absolute Gasteiger partial charge is 0.478 e. The summed E-state index contributed by atoms with van der Waals surface area (Å²) >= 11 is 1.58. The molecule has 0 saturated carbocycles. The van der Waals surface area contributed by atoms with Crippen LogP contribution in [0.4, 0.5) is 0 Å². The average Bonchev–Trinajstić information content (AvgIpc) is 2.90. The molecule has 3 nitrogen and oxygen atoms in total. The number of thiazole rings is 1. The number of hydrogen-bond acceptors (Lipinski definition) is 3. The number of carboxylic acid groups (broad SMARTS) is 1. The molecule has 0 unspecified atom stereocenters. The molecule has 0 radical (unpaired) electrons. The molecule has 1 aromatic heterocycles. The van der Waals surface area contributed by atoms with Gasteiger partial charge in [-0.25, -0.2) is 9.78 Å². The Bertz CT molecular complexity index is 794. The van der Waals surface area contributed by atoms with E-state index in [9.17, 15) is 4.79 Å². The molecule has 0 saturated heterocycles. The van der Waals surface area contributed by atoms with Crippen molar-refractivity contribution in [2.75, 3.05) is 0 Å². The Morgan fingerprint density at radius 1 is 1.05 bits per heavy atom. The van der Waals surface area contributed by atoms with E-state index in [-0.39, 0.29) is 5.56 Å². The molecule has 1 N–H and O–H groups in total. The van der Waals surface area contributed by atoms with Crippen molar-refractivity contribution in [2.45, 2.75) is 6.92 Å². The Balaban J connectivity index is 2.05. The van der Waals surface area contributed by atoms with Crippen LogP contribution in [0.15, 0.2) is 54.6 Å². The van der Waals surface area contributed by atoms with Crippen molar-refractivity contribution < 1.29 is 9.90 Å². The monoisotopic (exact) mass is 295 g/mol. The Morgan fingerprint density at radius 3 is 2.48 bits per heavy atom. The predicted molar refractivity (Wildman–Crippen MR) is 84.7 cm³/mol. The highest BCUT2D eigenvalue weighted by atomic mass is 32.1. The normalized spacial score (nSPS) is 10.5. The van der Waals surface area contributed by atoms with Gasteiger partial charge in [-0.15, -0.1) is 11.3 Å². The summed E-state index contributed by atoms with van der Waals surface area (Å²) in [6, 6.07) is 16.9. The number of nitrogens with zero attached hydrogens (tertiary/aromatic N) is 1. The van der Waals surface area contributed by atoms with Gasteiger partial charge in [0.1, 0.15) is 5.01 Å². The first-order valence-electron chi connectivity index (χ1n) is 6.52. The third-order valence-corrected chi connectivity index (χ3v) is 4.22. The van der Waals surface area contributed by atoms with Gasteiger partial charge in [-0.2, -0.15) is 0 Å². The third-order valence-electron chi connectivity index (χ3n) is 3.20. The SMILES string of the molecule is Cc1sc(-c2cccc(C(=O)O)c2)nc1-c1ccccc1. The van der Waals surface area contributed by atoms with Crippen molar-refractivity contribution in [3.05, 3.63) is 65.0 Å². The zero-order chi connectivity index (χ0) is 14.8. The molecule has 0 spiro atoms. The van der Waals surface area contributed by atoms with Crippen LogP contribution >= 0.6 is 11.3 Å². The maximum Gasteiger partial charge on any atom is 0.335 e. The van der Waals surface area contributed by atoms with Crippen molar-refractivity contribution in [3.8, 4) is 21.8 Å². The first-order valence-corrected chi connectivity index (χ1v) is 7.33. The first-order chi connectivity index (χ1) is 10.1. The fourth-order valence-electron chi connectivity index (χ4n) is 2.17. The standard InChI is InChI=1S/C17H13NO2S/c1-11-15(12-6-3-2-4-7-12)18-16(21-11)13-8-5-9-14(10-13)17(19)20/h2-10H,1H3,(H,19,20). The molecular weight excluding hydrogens is 282 g/mol. The van der Waals surface area contributed by atoms with Crippen LogP contribution < -0.4 is 0 Å². The number of aromatic carboxylic acids is 1. The molecule has 0 fully saturated rings. The van der Waals surface area contributed by atoms with Crippen molar-refractivity contribution in [2.24, 2.45) is 0 Å². The van der Waals surface area contributed by atoms with E-state index in [1.807, 2.05) is 43.3 Å². The summed E-state index contributed by atoms with van der Waals surface area (Å²) < 4.78 is 0. The molecule has 3 rings (SSSR count). The summed E-state index contributed by atoms with van der Waals surface area (Å²) in [5.74, 6) is -0.923. The molecule has 104 valence electrons. The maximum atomic E-state index is 11.1. The summed E-state index contributed by atoms with van der Waals surface area (Å²) in [6.45, 7) is 2.03. The lowest BCUT2D eigenvalue weighted by Crippen LogP contribution is -1.95. The van der Waals surface area contributed by atoms with Crippen LogP contribution in [0.2, 0.25) is 0 Å². The van der Waals surface area contributed by atoms with Gasteiger partial charge in [0.25, 0.3) is 0 Å². The van der Waals surface area contributed by atoms with Crippen molar-refractivity contribution in [3.63, 3.8) is 0 Å². The fraction of sp³-hybridized carbons (Fsp3) is 0.0588. The quantitative estimate of drug-likeness (QED) is 0.775. The van der Waals surface area contributed by atoms with Gasteiger partial charge in [0.15, 0.2) is 0 Å². The van der Waals surface area contributed by atoms with Gasteiger partial charge in [0, 0.05) is 16.0 Å². The third kappa shape index (κ3) is 2.71. The molecule has 0 aliphatic heterocycles. The molecular formula is C17H13NO2S. The fourth-order valence-corrected chi connectivity index (χ4v) is 3.10. The topological polar surface area (TPSA) is 50.2 Å². The van der Waals surface area contributed by atoms with Crippen LogP contribution in [0.3, 0.4) is 0 Å². The number of benzene rings is 2. The van der Waals surface area contributed by atoms with Gasteiger partial charge in [0.05, 0.1) is 11.3 Å². The summed E-state index contributed by atoms with van der Waals surface area (Å²) in [6.07, 6.45) is 0. The highest BCUT2D eigenvalue weighted by Gasteiger charge is 2.12. The number of carbonyl (C=O) groups is 1. The molecule has 0 bridgehead atoms. The number of aromatic nitrogens is 1. The minimum atomic E-state index is -0.923. The second kappa shape index (κ2) is 5.50. The summed E-state index contributed by atoms with van der Waals surface area (Å²) in [4.78, 5) is 16.9. The second-order valence-electron chi connectivity index (χ2n) is 4.68. The van der Waals surface area contributed by atoms with Gasteiger partial charge in [0.2, 0.25) is 0 Å². The summed E-state index contributed by atoms with van der Waals surface area (Å²) in [5, 5.41) is 9.92. The predicted octanol–water partition coefficient (Wildman–Crippen LogP) is 4.48. The van der Waals surface area contributed by atoms with E-state index in [0.29, 0.717) is 0 Å². The smallest absolute Gasteiger partial charge is 0.335 e. The average molecular weight is 295 g/mol. The Kier molecular flexibility index (Phi) is 3.54. The molecule has 21 heavy (non-hydrogen) atoms. The lowest BCUT2D eigenvalue weighted by molar-refractivity contribution is 0.0697. The molecule has 2 aromatic carbocycles. The summed E-state index contributed by atoms with van der Waals surface area (Å²) in [7, 11) is 0. The highest BCUT2D eigenvalue weighted by Crippen LogP contribution is 2.33. The van der Waals surface area contributed by atoms with Gasteiger partial charge < -0.3 is 5.11 Å². The van der Waals surface area contributed by atoms with Crippen LogP contribution in [0.1, 0.15) is 15.2 Å². The Labute approximate surface area is 126 Å². The van der Waals surface area contributed by atoms with E-state index in [1.165, 1.54) is 0 Å². The van der Waals surface area contributed by atoms with Crippen LogP contribution in [0, 0.1) is 6.92 Å². The van der Waals surface area contributed by atoms with Gasteiger partial charge in [-0.1, -0.05) is 42.5 Å². The van der Waals surface area contributed by atoms with E-state index in [1.54, 1.807) is 29.5 Å². The van der Waals surface area contributed by atoms with E-state index in [4.69, 9.17) is 5.11 Å². The number of rotatable bonds is 3. The first kappa shape index (κ1) is 13.5. The zero-order valence-corrected chi connectivity index (χ0v) is 12.2. The van der Waals surface area contributed by atoms with Gasteiger partial charge in [-0.3, -0.25) is 0 Å². The van der Waals surface area contributed by atoms with Crippen molar-refractivity contribution in [1.82, 2.24) is 4.98 Å². The minimum absolute atomic E-state index is 0.279. The lowest BCUT2D eigenvalue weighted by atomic mass is 10.1. The lowest BCUT2D eigenvalue weighted by Gasteiger charge is -1.99. The van der Waals surface area contributed by atoms with Crippen LogP contribution in [-0.2, 0) is 0 Å². The maximum absolute atomic E-state index is 11.1. The minimum Gasteiger partial charge on any atom is -0.478 e. The second-order valence-corrected chi connectivity index (χ2v) is 5.88. The van der Waals surface area contributed by atoms with E-state index in [2.05, 4.69) is 4.98 Å². The number of hydrogen-bond donors (Lipinski definition) is 1. The Hall–Kier alpha value is -2.46. The van der Waals surface area contributed by atoms with Crippen molar-refractivity contribution in [1.29, 1.82) is 0 Å². The molecule has 0 atom stereocenters. The van der Waals surface area contributed by atoms with Crippen molar-refractivity contribution >= 4 is 17.3 Å². The van der Waals surface area contributed by atoms with Crippen LogP contribution in [0.25, 0.3) is 21.8 Å². The molecule has 4 heteroatoms. The van der Waals surface area contributed by atoms with Gasteiger partial charge in [-0.05, 0) is 19.1 Å². The van der Waals surface area contributed by atoms with E-state index in [0.717, 1.165) is 26.7 Å². The number of carboxylic acids is 1. The Morgan fingerprint density at radius 2 is 1.76 bits per heavy atom. The van der Waals surface area contributed by atoms with E-state index < -0.39 is 5.97 Å². The zero-order valence-electron chi connectivity index (χ0n) is 11.4. The molecule has 0 aliphatic carbocycles. The van der Waals surface area contributed by atoms with Crippen LogP contribution in [0.5, 0.6) is 0 Å². The summed E-state index contributed by atoms with van der Waals surface area (Å²) in [5.41, 5.74) is 3.15. The molecule has 0 amide bonds. The number of aryl methyl sites for hydroxylation is 1. The molecule has 3 aromatic rings. The molecule has 0 aliphatic rings. The van der Waals surface area contributed by atoms with Crippen LogP contribution in [-0.4, -0.2) is 16.1 Å². The highest BCUT2D eigenvalue weighted by molar-refractivity contribution is 7.15. The van der Waals surface area contributed by atoms with Gasteiger partial charge >= 0.3 is 5.97 Å². The van der Waals surface area contributed by atoms with E-state index >= 15 is 0 Å².